The van der Waals surface area contributed by atoms with Gasteiger partial charge in [-0.2, -0.15) is 5.10 Å². The number of rotatable bonds is 4. The highest BCUT2D eigenvalue weighted by molar-refractivity contribution is 5.74. The van der Waals surface area contributed by atoms with Gasteiger partial charge in [0.25, 0.3) is 0 Å². The highest BCUT2D eigenvalue weighted by Gasteiger charge is 2.16. The summed E-state index contributed by atoms with van der Waals surface area (Å²) < 4.78 is 1.89. The summed E-state index contributed by atoms with van der Waals surface area (Å²) in [4.78, 5) is 13.2. The van der Waals surface area contributed by atoms with E-state index in [1.165, 1.54) is 0 Å². The molecule has 1 fully saturated rings. The lowest BCUT2D eigenvalue weighted by molar-refractivity contribution is 0.184. The highest BCUT2D eigenvalue weighted by atomic mass is 16.2. The van der Waals surface area contributed by atoms with E-state index in [1.54, 1.807) is 6.20 Å². The van der Waals surface area contributed by atoms with Crippen molar-refractivity contribution in [1.29, 1.82) is 0 Å². The van der Waals surface area contributed by atoms with E-state index in [0.29, 0.717) is 0 Å². The molecule has 0 saturated carbocycles. The standard InChI is InChI=1S/C10H16N4O/c15-10-11-4-1-6-13(10)7-3-9-14-8-2-5-12-14/h2,5,8H,1,3-4,6-7,9H2,(H,11,15). The van der Waals surface area contributed by atoms with E-state index < -0.39 is 0 Å². The maximum Gasteiger partial charge on any atom is 0.317 e. The van der Waals surface area contributed by atoms with Crippen LogP contribution < -0.4 is 5.32 Å². The van der Waals surface area contributed by atoms with Crippen LogP contribution in [0.25, 0.3) is 0 Å². The molecule has 0 aromatic carbocycles. The number of hydrogen-bond acceptors (Lipinski definition) is 2. The van der Waals surface area contributed by atoms with Gasteiger partial charge in [-0.15, -0.1) is 0 Å². The van der Waals surface area contributed by atoms with Crippen molar-refractivity contribution in [3.8, 4) is 0 Å². The van der Waals surface area contributed by atoms with Gasteiger partial charge in [0.2, 0.25) is 0 Å². The molecule has 15 heavy (non-hydrogen) atoms. The molecule has 1 aromatic heterocycles. The Morgan fingerprint density at radius 3 is 3.13 bits per heavy atom. The molecule has 5 nitrogen and oxygen atoms in total. The monoisotopic (exact) mass is 208 g/mol. The van der Waals surface area contributed by atoms with Crippen LogP contribution in [0.2, 0.25) is 0 Å². The molecular formula is C10H16N4O. The zero-order valence-corrected chi connectivity index (χ0v) is 8.72. The Kier molecular flexibility index (Phi) is 3.22. The second-order valence-electron chi connectivity index (χ2n) is 3.70. The third-order valence-corrected chi connectivity index (χ3v) is 2.54. The van der Waals surface area contributed by atoms with Gasteiger partial charge in [-0.25, -0.2) is 4.79 Å². The molecule has 0 bridgehead atoms. The summed E-state index contributed by atoms with van der Waals surface area (Å²) in [6.45, 7) is 3.38. The number of aryl methyl sites for hydroxylation is 1. The van der Waals surface area contributed by atoms with Crippen LogP contribution in [0.5, 0.6) is 0 Å². The zero-order valence-electron chi connectivity index (χ0n) is 8.72. The van der Waals surface area contributed by atoms with Crippen molar-refractivity contribution in [3.05, 3.63) is 18.5 Å². The number of urea groups is 1. The first kappa shape index (κ1) is 10.0. The summed E-state index contributed by atoms with van der Waals surface area (Å²) in [5, 5.41) is 6.96. The third kappa shape index (κ3) is 2.71. The van der Waals surface area contributed by atoms with E-state index in [-0.39, 0.29) is 6.03 Å². The summed E-state index contributed by atoms with van der Waals surface area (Å²) in [5.41, 5.74) is 0. The molecule has 1 aliphatic rings. The van der Waals surface area contributed by atoms with Gasteiger partial charge >= 0.3 is 6.03 Å². The molecule has 0 aliphatic carbocycles. The number of nitrogens with zero attached hydrogens (tertiary/aromatic N) is 3. The lowest BCUT2D eigenvalue weighted by atomic mass is 10.3. The third-order valence-electron chi connectivity index (χ3n) is 2.54. The number of carbonyl (C=O) groups is 1. The second kappa shape index (κ2) is 4.82. The summed E-state index contributed by atoms with van der Waals surface area (Å²) in [6.07, 6.45) is 5.71. The fourth-order valence-corrected chi connectivity index (χ4v) is 1.75. The largest absolute Gasteiger partial charge is 0.338 e. The molecule has 0 spiro atoms. The average Bonchev–Trinajstić information content (AvgIpc) is 2.74. The summed E-state index contributed by atoms with van der Waals surface area (Å²) >= 11 is 0. The van der Waals surface area contributed by atoms with E-state index in [0.717, 1.165) is 39.0 Å². The maximum absolute atomic E-state index is 11.4. The number of aromatic nitrogens is 2. The van der Waals surface area contributed by atoms with Gasteiger partial charge in [0.1, 0.15) is 0 Å². The van der Waals surface area contributed by atoms with E-state index in [2.05, 4.69) is 10.4 Å². The van der Waals surface area contributed by atoms with Gasteiger partial charge in [-0.05, 0) is 18.9 Å². The Labute approximate surface area is 89.1 Å². The van der Waals surface area contributed by atoms with Gasteiger partial charge in [0.15, 0.2) is 0 Å². The van der Waals surface area contributed by atoms with Gasteiger partial charge < -0.3 is 10.2 Å². The summed E-state index contributed by atoms with van der Waals surface area (Å²) in [5.74, 6) is 0. The lowest BCUT2D eigenvalue weighted by Gasteiger charge is -2.27. The summed E-state index contributed by atoms with van der Waals surface area (Å²) in [7, 11) is 0. The molecule has 1 N–H and O–H groups in total. The number of amides is 2. The van der Waals surface area contributed by atoms with Gasteiger partial charge in [0, 0.05) is 38.6 Å². The molecule has 1 aliphatic heterocycles. The Balaban J connectivity index is 1.71. The molecule has 2 heterocycles. The van der Waals surface area contributed by atoms with E-state index in [4.69, 9.17) is 0 Å². The first-order valence-electron chi connectivity index (χ1n) is 5.36. The molecule has 5 heteroatoms. The van der Waals surface area contributed by atoms with Crippen LogP contribution in [0, 0.1) is 0 Å². The number of nitrogens with one attached hydrogen (secondary N) is 1. The molecule has 0 unspecified atom stereocenters. The van der Waals surface area contributed by atoms with Crippen LogP contribution in [0.1, 0.15) is 12.8 Å². The predicted octanol–water partition coefficient (Wildman–Crippen LogP) is 0.688. The van der Waals surface area contributed by atoms with Crippen LogP contribution in [0.15, 0.2) is 18.5 Å². The zero-order chi connectivity index (χ0) is 10.5. The van der Waals surface area contributed by atoms with Gasteiger partial charge in [-0.3, -0.25) is 4.68 Å². The quantitative estimate of drug-likeness (QED) is 0.791. The number of carbonyl (C=O) groups excluding carboxylic acids is 1. The first-order chi connectivity index (χ1) is 7.36. The normalized spacial score (nSPS) is 16.5. The van der Waals surface area contributed by atoms with Crippen molar-refractivity contribution in [2.75, 3.05) is 19.6 Å². The molecule has 1 saturated heterocycles. The lowest BCUT2D eigenvalue weighted by Crippen LogP contribution is -2.46. The van der Waals surface area contributed by atoms with Crippen LogP contribution in [0.3, 0.4) is 0 Å². The van der Waals surface area contributed by atoms with E-state index in [1.807, 2.05) is 21.8 Å². The minimum absolute atomic E-state index is 0.0710. The minimum atomic E-state index is 0.0710. The first-order valence-corrected chi connectivity index (χ1v) is 5.36. The maximum atomic E-state index is 11.4. The van der Waals surface area contributed by atoms with Crippen LogP contribution in [0.4, 0.5) is 4.79 Å². The van der Waals surface area contributed by atoms with Crippen LogP contribution in [-0.2, 0) is 6.54 Å². The minimum Gasteiger partial charge on any atom is -0.338 e. The van der Waals surface area contributed by atoms with Crippen molar-refractivity contribution in [3.63, 3.8) is 0 Å². The van der Waals surface area contributed by atoms with Crippen LogP contribution >= 0.6 is 0 Å². The van der Waals surface area contributed by atoms with Crippen molar-refractivity contribution in [2.45, 2.75) is 19.4 Å². The fourth-order valence-electron chi connectivity index (χ4n) is 1.75. The topological polar surface area (TPSA) is 50.2 Å². The Hall–Kier alpha value is -1.52. The van der Waals surface area contributed by atoms with Crippen molar-refractivity contribution in [1.82, 2.24) is 20.0 Å². The highest BCUT2D eigenvalue weighted by Crippen LogP contribution is 2.01. The average molecular weight is 208 g/mol. The molecule has 0 radical (unpaired) electrons. The van der Waals surface area contributed by atoms with Gasteiger partial charge in [0.05, 0.1) is 0 Å². The Bertz CT molecular complexity index is 309. The van der Waals surface area contributed by atoms with Crippen molar-refractivity contribution < 1.29 is 4.79 Å². The fraction of sp³-hybridized carbons (Fsp3) is 0.600. The number of hydrogen-bond donors (Lipinski definition) is 1. The van der Waals surface area contributed by atoms with E-state index >= 15 is 0 Å². The van der Waals surface area contributed by atoms with Crippen LogP contribution in [-0.4, -0.2) is 40.3 Å². The smallest absolute Gasteiger partial charge is 0.317 e. The Morgan fingerprint density at radius 1 is 1.47 bits per heavy atom. The summed E-state index contributed by atoms with van der Waals surface area (Å²) in [6, 6.07) is 1.98. The van der Waals surface area contributed by atoms with Gasteiger partial charge in [-0.1, -0.05) is 0 Å². The molecule has 2 rings (SSSR count). The predicted molar refractivity (Wildman–Crippen MR) is 56.4 cm³/mol. The second-order valence-corrected chi connectivity index (χ2v) is 3.70. The van der Waals surface area contributed by atoms with E-state index in [9.17, 15) is 4.79 Å². The Morgan fingerprint density at radius 2 is 2.40 bits per heavy atom. The molecular weight excluding hydrogens is 192 g/mol. The molecule has 2 amide bonds. The molecule has 1 aromatic rings. The van der Waals surface area contributed by atoms with Crippen molar-refractivity contribution in [2.24, 2.45) is 0 Å². The molecule has 82 valence electrons. The molecule has 0 atom stereocenters. The van der Waals surface area contributed by atoms with Crippen molar-refractivity contribution >= 4 is 6.03 Å². The SMILES string of the molecule is O=C1NCCCN1CCCn1cccn1.